The summed E-state index contributed by atoms with van der Waals surface area (Å²) in [4.78, 5) is 0. The molecule has 0 aliphatic carbocycles. The van der Waals surface area contributed by atoms with Crippen molar-refractivity contribution in [3.05, 3.63) is 63.9 Å². The van der Waals surface area contributed by atoms with Crippen molar-refractivity contribution < 1.29 is 9.13 Å². The fourth-order valence-electron chi connectivity index (χ4n) is 1.77. The van der Waals surface area contributed by atoms with Crippen LogP contribution in [0.5, 0.6) is 5.75 Å². The second-order valence-electron chi connectivity index (χ2n) is 4.04. The molecule has 0 heterocycles. The van der Waals surface area contributed by atoms with E-state index in [4.69, 9.17) is 16.3 Å². The number of hydrogen-bond acceptors (Lipinski definition) is 1. The Labute approximate surface area is 125 Å². The maximum absolute atomic E-state index is 12.9. The zero-order valence-corrected chi connectivity index (χ0v) is 12.7. The van der Waals surface area contributed by atoms with E-state index in [2.05, 4.69) is 15.9 Å². The minimum absolute atomic E-state index is 0.263. The summed E-state index contributed by atoms with van der Waals surface area (Å²) in [6.45, 7) is 2.55. The average Bonchev–Trinajstić information content (AvgIpc) is 2.41. The number of rotatable bonds is 4. The zero-order chi connectivity index (χ0) is 13.8. The first-order valence-corrected chi connectivity index (χ1v) is 7.16. The van der Waals surface area contributed by atoms with E-state index in [0.29, 0.717) is 6.61 Å². The summed E-state index contributed by atoms with van der Waals surface area (Å²) >= 11 is 9.86. The molecule has 0 aliphatic heterocycles. The fraction of sp³-hybridized carbons (Fsp3) is 0.200. The van der Waals surface area contributed by atoms with Crippen LogP contribution in [0.25, 0.3) is 0 Å². The van der Waals surface area contributed by atoms with Crippen molar-refractivity contribution in [2.24, 2.45) is 0 Å². The lowest BCUT2D eigenvalue weighted by atomic mass is 10.0. The van der Waals surface area contributed by atoms with Gasteiger partial charge in [0.2, 0.25) is 0 Å². The first-order valence-electron chi connectivity index (χ1n) is 5.93. The molecule has 4 heteroatoms. The SMILES string of the molecule is CCOc1ccc(C(Cl)c2ccc(F)cc2)cc1Br. The number of halogens is 3. The first-order chi connectivity index (χ1) is 9.11. The molecule has 0 spiro atoms. The molecule has 0 saturated carbocycles. The molecule has 0 radical (unpaired) electrons. The van der Waals surface area contributed by atoms with Crippen LogP contribution in [-0.2, 0) is 0 Å². The largest absolute Gasteiger partial charge is 0.493 e. The van der Waals surface area contributed by atoms with E-state index in [1.54, 1.807) is 12.1 Å². The van der Waals surface area contributed by atoms with Gasteiger partial charge in [-0.1, -0.05) is 18.2 Å². The molecule has 0 bridgehead atoms. The summed E-state index contributed by atoms with van der Waals surface area (Å²) in [7, 11) is 0. The van der Waals surface area contributed by atoms with Crippen LogP contribution in [0.2, 0.25) is 0 Å². The van der Waals surface area contributed by atoms with E-state index in [0.717, 1.165) is 21.3 Å². The highest BCUT2D eigenvalue weighted by molar-refractivity contribution is 9.10. The lowest BCUT2D eigenvalue weighted by Gasteiger charge is -2.13. The van der Waals surface area contributed by atoms with Gasteiger partial charge in [-0.2, -0.15) is 0 Å². The molecule has 2 aromatic rings. The van der Waals surface area contributed by atoms with E-state index < -0.39 is 0 Å². The highest BCUT2D eigenvalue weighted by Crippen LogP contribution is 2.34. The van der Waals surface area contributed by atoms with Gasteiger partial charge in [0.25, 0.3) is 0 Å². The molecule has 1 atom stereocenters. The van der Waals surface area contributed by atoms with Gasteiger partial charge in [0.15, 0.2) is 0 Å². The summed E-state index contributed by atoms with van der Waals surface area (Å²) in [5.74, 6) is 0.523. The van der Waals surface area contributed by atoms with Gasteiger partial charge in [-0.3, -0.25) is 0 Å². The van der Waals surface area contributed by atoms with Crippen molar-refractivity contribution in [1.82, 2.24) is 0 Å². The van der Waals surface area contributed by atoms with Gasteiger partial charge in [0, 0.05) is 0 Å². The van der Waals surface area contributed by atoms with Crippen molar-refractivity contribution in [1.29, 1.82) is 0 Å². The molecule has 0 saturated heterocycles. The van der Waals surface area contributed by atoms with Gasteiger partial charge in [-0.15, -0.1) is 11.6 Å². The van der Waals surface area contributed by atoms with Crippen LogP contribution in [0.15, 0.2) is 46.9 Å². The molecular formula is C15H13BrClFO. The van der Waals surface area contributed by atoms with Gasteiger partial charge in [0.1, 0.15) is 11.6 Å². The van der Waals surface area contributed by atoms with Crippen molar-refractivity contribution in [2.75, 3.05) is 6.61 Å². The Hall–Kier alpha value is -1.06. The van der Waals surface area contributed by atoms with Crippen molar-refractivity contribution in [2.45, 2.75) is 12.3 Å². The lowest BCUT2D eigenvalue weighted by molar-refractivity contribution is 0.338. The van der Waals surface area contributed by atoms with E-state index in [9.17, 15) is 4.39 Å². The van der Waals surface area contributed by atoms with E-state index >= 15 is 0 Å². The Morgan fingerprint density at radius 3 is 2.37 bits per heavy atom. The third-order valence-electron chi connectivity index (χ3n) is 2.71. The standard InChI is InChI=1S/C15H13BrClFO/c1-2-19-14-8-5-11(9-13(14)16)15(17)10-3-6-12(18)7-4-10/h3-9,15H,2H2,1H3. The molecule has 0 N–H and O–H groups in total. The number of benzene rings is 2. The van der Waals surface area contributed by atoms with Crippen LogP contribution in [0.1, 0.15) is 23.4 Å². The normalized spacial score (nSPS) is 12.2. The lowest BCUT2D eigenvalue weighted by Crippen LogP contribution is -1.96. The van der Waals surface area contributed by atoms with E-state index in [1.807, 2.05) is 25.1 Å². The minimum Gasteiger partial charge on any atom is -0.493 e. The molecule has 0 amide bonds. The summed E-state index contributed by atoms with van der Waals surface area (Å²) in [6.07, 6.45) is 0. The monoisotopic (exact) mass is 342 g/mol. The molecule has 0 aliphatic rings. The molecule has 0 aromatic heterocycles. The van der Waals surface area contributed by atoms with Crippen molar-refractivity contribution in [3.8, 4) is 5.75 Å². The molecule has 100 valence electrons. The van der Waals surface area contributed by atoms with Crippen molar-refractivity contribution >= 4 is 27.5 Å². The second kappa shape index (κ2) is 6.40. The van der Waals surface area contributed by atoms with Crippen molar-refractivity contribution in [3.63, 3.8) is 0 Å². The topological polar surface area (TPSA) is 9.23 Å². The van der Waals surface area contributed by atoms with Gasteiger partial charge >= 0.3 is 0 Å². The predicted molar refractivity (Wildman–Crippen MR) is 79.4 cm³/mol. The van der Waals surface area contributed by atoms with Crippen LogP contribution >= 0.6 is 27.5 Å². The van der Waals surface area contributed by atoms with Crippen LogP contribution in [0.4, 0.5) is 4.39 Å². The Kier molecular flexibility index (Phi) is 4.83. The Balaban J connectivity index is 2.26. The third-order valence-corrected chi connectivity index (χ3v) is 3.83. The number of ether oxygens (including phenoxy) is 1. The molecule has 1 nitrogen and oxygen atoms in total. The summed E-state index contributed by atoms with van der Waals surface area (Å²) < 4.78 is 19.2. The maximum atomic E-state index is 12.9. The molecule has 1 unspecified atom stereocenters. The smallest absolute Gasteiger partial charge is 0.133 e. The average molecular weight is 344 g/mol. The fourth-order valence-corrected chi connectivity index (χ4v) is 2.56. The van der Waals surface area contributed by atoms with Crippen LogP contribution in [-0.4, -0.2) is 6.61 Å². The third kappa shape index (κ3) is 3.48. The van der Waals surface area contributed by atoms with E-state index in [-0.39, 0.29) is 11.2 Å². The van der Waals surface area contributed by atoms with Crippen LogP contribution in [0, 0.1) is 5.82 Å². The summed E-state index contributed by atoms with van der Waals surface area (Å²) in [5.41, 5.74) is 1.79. The summed E-state index contributed by atoms with van der Waals surface area (Å²) in [6, 6.07) is 11.9. The zero-order valence-electron chi connectivity index (χ0n) is 10.4. The Morgan fingerprint density at radius 1 is 1.16 bits per heavy atom. The molecule has 19 heavy (non-hydrogen) atoms. The molecule has 2 rings (SSSR count). The van der Waals surface area contributed by atoms with Gasteiger partial charge in [-0.05, 0) is 58.2 Å². The van der Waals surface area contributed by atoms with Gasteiger partial charge < -0.3 is 4.74 Å². The number of alkyl halides is 1. The van der Waals surface area contributed by atoms with Gasteiger partial charge in [0.05, 0.1) is 16.5 Å². The Bertz CT molecular complexity index is 557. The molecule has 2 aromatic carbocycles. The minimum atomic E-state index is -0.312. The predicted octanol–water partition coefficient (Wildman–Crippen LogP) is 5.32. The van der Waals surface area contributed by atoms with Gasteiger partial charge in [-0.25, -0.2) is 4.39 Å². The molecular weight excluding hydrogens is 331 g/mol. The van der Waals surface area contributed by atoms with Crippen LogP contribution in [0.3, 0.4) is 0 Å². The number of hydrogen-bond donors (Lipinski definition) is 0. The van der Waals surface area contributed by atoms with E-state index in [1.165, 1.54) is 12.1 Å². The highest BCUT2D eigenvalue weighted by Gasteiger charge is 2.12. The Morgan fingerprint density at radius 2 is 1.79 bits per heavy atom. The van der Waals surface area contributed by atoms with Crippen LogP contribution < -0.4 is 4.74 Å². The highest BCUT2D eigenvalue weighted by atomic mass is 79.9. The maximum Gasteiger partial charge on any atom is 0.133 e. The quantitative estimate of drug-likeness (QED) is 0.683. The second-order valence-corrected chi connectivity index (χ2v) is 5.33. The first kappa shape index (κ1) is 14.4. The molecule has 0 fully saturated rings. The summed E-state index contributed by atoms with van der Waals surface area (Å²) in [5, 5.41) is -0.312.